The fourth-order valence-electron chi connectivity index (χ4n) is 1.16. The third-order valence-corrected chi connectivity index (χ3v) is 3.12. The van der Waals surface area contributed by atoms with Crippen LogP contribution < -0.4 is 5.32 Å². The number of anilines is 1. The van der Waals surface area contributed by atoms with Gasteiger partial charge >= 0.3 is 0 Å². The minimum atomic E-state index is -0.742. The molecule has 0 aliphatic carbocycles. The molecule has 7 heteroatoms. The van der Waals surface area contributed by atoms with E-state index in [9.17, 15) is 19.3 Å². The van der Waals surface area contributed by atoms with Gasteiger partial charge in [-0.1, -0.05) is 22.9 Å². The Hall–Kier alpha value is -1.50. The first-order valence-corrected chi connectivity index (χ1v) is 5.76. The molecule has 17 heavy (non-hydrogen) atoms. The number of alkyl halides is 1. The number of hydrogen-bond donors (Lipinski definition) is 1. The lowest BCUT2D eigenvalue weighted by Crippen LogP contribution is -2.22. The monoisotopic (exact) mass is 304 g/mol. The number of carbonyl (C=O) groups excluding carboxylic acids is 1. The molecule has 0 radical (unpaired) electrons. The first-order valence-electron chi connectivity index (χ1n) is 4.84. The summed E-state index contributed by atoms with van der Waals surface area (Å²) >= 11 is 3.12. The minimum absolute atomic E-state index is 0.0145. The number of hydrogen-bond acceptors (Lipinski definition) is 3. The van der Waals surface area contributed by atoms with Crippen molar-refractivity contribution in [2.24, 2.45) is 0 Å². The molecule has 0 heterocycles. The maximum atomic E-state index is 12.8. The largest absolute Gasteiger partial charge is 0.319 e. The lowest BCUT2D eigenvalue weighted by Gasteiger charge is -2.08. The molecule has 5 nitrogen and oxygen atoms in total. The Kier molecular flexibility index (Phi) is 4.56. The fourth-order valence-corrected chi connectivity index (χ4v) is 1.27. The summed E-state index contributed by atoms with van der Waals surface area (Å²) in [6, 6.07) is 2.99. The Morgan fingerprint density at radius 3 is 2.82 bits per heavy atom. The number of rotatable bonds is 4. The Morgan fingerprint density at radius 2 is 2.29 bits per heavy atom. The second-order valence-electron chi connectivity index (χ2n) is 3.28. The molecule has 0 aliphatic rings. The average molecular weight is 305 g/mol. The standard InChI is InChI=1S/C10H10BrFN2O3/c1-2-7(11)10(15)13-8-4-3-6(12)5-9(8)14(16)17/h3-5,7H,2H2,1H3,(H,13,15). The van der Waals surface area contributed by atoms with Crippen molar-refractivity contribution in [3.63, 3.8) is 0 Å². The Morgan fingerprint density at radius 1 is 1.65 bits per heavy atom. The van der Waals surface area contributed by atoms with Gasteiger partial charge in [0.2, 0.25) is 5.91 Å². The number of halogens is 2. The van der Waals surface area contributed by atoms with Crippen molar-refractivity contribution in [2.75, 3.05) is 5.32 Å². The van der Waals surface area contributed by atoms with Crippen LogP contribution in [0.3, 0.4) is 0 Å². The molecule has 0 saturated carbocycles. The van der Waals surface area contributed by atoms with Gasteiger partial charge < -0.3 is 5.32 Å². The summed E-state index contributed by atoms with van der Waals surface area (Å²) in [5.41, 5.74) is -0.478. The highest BCUT2D eigenvalue weighted by atomic mass is 79.9. The summed E-state index contributed by atoms with van der Waals surface area (Å²) < 4.78 is 12.8. The van der Waals surface area contributed by atoms with E-state index in [0.29, 0.717) is 6.42 Å². The molecular formula is C10H10BrFN2O3. The van der Waals surface area contributed by atoms with Gasteiger partial charge in [-0.15, -0.1) is 0 Å². The molecule has 0 fully saturated rings. The van der Waals surface area contributed by atoms with Crippen LogP contribution in [0.4, 0.5) is 15.8 Å². The summed E-state index contributed by atoms with van der Waals surface area (Å²) in [5, 5.41) is 13.0. The topological polar surface area (TPSA) is 72.2 Å². The molecule has 0 spiro atoms. The number of nitro groups is 1. The van der Waals surface area contributed by atoms with E-state index in [4.69, 9.17) is 0 Å². The Bertz CT molecular complexity index is 453. The first-order chi connectivity index (χ1) is 7.95. The molecule has 1 aromatic carbocycles. The zero-order valence-electron chi connectivity index (χ0n) is 8.94. The number of benzene rings is 1. The molecular weight excluding hydrogens is 295 g/mol. The number of carbonyl (C=O) groups is 1. The van der Waals surface area contributed by atoms with Crippen LogP contribution in [-0.2, 0) is 4.79 Å². The van der Waals surface area contributed by atoms with E-state index in [1.807, 2.05) is 0 Å². The van der Waals surface area contributed by atoms with Crippen LogP contribution in [0.25, 0.3) is 0 Å². The predicted molar refractivity (Wildman–Crippen MR) is 64.7 cm³/mol. The summed E-state index contributed by atoms with van der Waals surface area (Å²) in [6.07, 6.45) is 0.542. The average Bonchev–Trinajstić information content (AvgIpc) is 2.29. The summed E-state index contributed by atoms with van der Waals surface area (Å²) in [4.78, 5) is 21.0. The lowest BCUT2D eigenvalue weighted by molar-refractivity contribution is -0.384. The molecule has 0 aliphatic heterocycles. The molecule has 1 unspecified atom stereocenters. The normalized spacial score (nSPS) is 11.9. The third-order valence-electron chi connectivity index (χ3n) is 2.06. The van der Waals surface area contributed by atoms with Gasteiger partial charge in [-0.25, -0.2) is 4.39 Å². The van der Waals surface area contributed by atoms with Crippen molar-refractivity contribution >= 4 is 33.2 Å². The summed E-state index contributed by atoms with van der Waals surface area (Å²) in [6.45, 7) is 1.79. The van der Waals surface area contributed by atoms with Crippen molar-refractivity contribution in [1.29, 1.82) is 0 Å². The van der Waals surface area contributed by atoms with Crippen LogP contribution in [-0.4, -0.2) is 15.7 Å². The summed E-state index contributed by atoms with van der Waals surface area (Å²) in [7, 11) is 0. The number of nitrogens with zero attached hydrogens (tertiary/aromatic N) is 1. The van der Waals surface area contributed by atoms with Gasteiger partial charge in [-0.3, -0.25) is 14.9 Å². The smallest absolute Gasteiger partial charge is 0.295 e. The van der Waals surface area contributed by atoms with Crippen LogP contribution in [0.15, 0.2) is 18.2 Å². The van der Waals surface area contributed by atoms with Crippen molar-refractivity contribution in [3.8, 4) is 0 Å². The molecule has 0 bridgehead atoms. The SMILES string of the molecule is CCC(Br)C(=O)Nc1ccc(F)cc1[N+](=O)[O-]. The molecule has 0 aromatic heterocycles. The van der Waals surface area contributed by atoms with Gasteiger partial charge in [-0.05, 0) is 18.6 Å². The van der Waals surface area contributed by atoms with Crippen LogP contribution in [0.5, 0.6) is 0 Å². The molecule has 1 rings (SSSR count). The molecule has 1 N–H and O–H groups in total. The fraction of sp³-hybridized carbons (Fsp3) is 0.300. The van der Waals surface area contributed by atoms with Gasteiger partial charge in [0, 0.05) is 0 Å². The number of nitrogens with one attached hydrogen (secondary N) is 1. The van der Waals surface area contributed by atoms with Gasteiger partial charge in [0.15, 0.2) is 0 Å². The van der Waals surface area contributed by atoms with Crippen molar-refractivity contribution < 1.29 is 14.1 Å². The van der Waals surface area contributed by atoms with Crippen LogP contribution in [0.1, 0.15) is 13.3 Å². The van der Waals surface area contributed by atoms with Crippen LogP contribution >= 0.6 is 15.9 Å². The molecule has 1 amide bonds. The molecule has 0 saturated heterocycles. The zero-order valence-corrected chi connectivity index (χ0v) is 10.5. The lowest BCUT2D eigenvalue weighted by atomic mass is 10.2. The molecule has 92 valence electrons. The Balaban J connectivity index is 2.98. The highest BCUT2D eigenvalue weighted by Gasteiger charge is 2.19. The molecule has 1 aromatic rings. The highest BCUT2D eigenvalue weighted by molar-refractivity contribution is 9.10. The van der Waals surface area contributed by atoms with Crippen LogP contribution in [0.2, 0.25) is 0 Å². The van der Waals surface area contributed by atoms with Gasteiger partial charge in [-0.2, -0.15) is 0 Å². The first kappa shape index (κ1) is 13.6. The quantitative estimate of drug-likeness (QED) is 0.528. The number of amides is 1. The van der Waals surface area contributed by atoms with E-state index >= 15 is 0 Å². The maximum absolute atomic E-state index is 12.8. The highest BCUT2D eigenvalue weighted by Crippen LogP contribution is 2.25. The van der Waals surface area contributed by atoms with E-state index in [1.54, 1.807) is 6.92 Å². The zero-order chi connectivity index (χ0) is 13.0. The van der Waals surface area contributed by atoms with Gasteiger partial charge in [0.1, 0.15) is 11.5 Å². The second-order valence-corrected chi connectivity index (χ2v) is 4.39. The minimum Gasteiger partial charge on any atom is -0.319 e. The second kappa shape index (κ2) is 5.72. The van der Waals surface area contributed by atoms with E-state index in [1.165, 1.54) is 6.07 Å². The van der Waals surface area contributed by atoms with E-state index in [2.05, 4.69) is 21.2 Å². The Labute approximate surface area is 105 Å². The number of nitro benzene ring substituents is 1. The summed E-state index contributed by atoms with van der Waals surface area (Å²) in [5.74, 6) is -1.12. The van der Waals surface area contributed by atoms with Crippen LogP contribution in [0, 0.1) is 15.9 Å². The third kappa shape index (κ3) is 3.48. The van der Waals surface area contributed by atoms with Gasteiger partial charge in [0.25, 0.3) is 5.69 Å². The van der Waals surface area contributed by atoms with E-state index in [-0.39, 0.29) is 5.69 Å². The van der Waals surface area contributed by atoms with Gasteiger partial charge in [0.05, 0.1) is 15.8 Å². The predicted octanol–water partition coefficient (Wildman–Crippen LogP) is 2.85. The molecule has 1 atom stereocenters. The van der Waals surface area contributed by atoms with E-state index < -0.39 is 27.2 Å². The van der Waals surface area contributed by atoms with Crippen molar-refractivity contribution in [1.82, 2.24) is 0 Å². The van der Waals surface area contributed by atoms with Crippen molar-refractivity contribution in [2.45, 2.75) is 18.2 Å². The maximum Gasteiger partial charge on any atom is 0.295 e. The van der Waals surface area contributed by atoms with E-state index in [0.717, 1.165) is 12.1 Å². The van der Waals surface area contributed by atoms with Crippen molar-refractivity contribution in [3.05, 3.63) is 34.1 Å².